The molecule has 1 fully saturated rings. The Kier molecular flexibility index (Phi) is 4.69. The highest BCUT2D eigenvalue weighted by atomic mass is 35.5. The first-order chi connectivity index (χ1) is 12.5. The van der Waals surface area contributed by atoms with Crippen molar-refractivity contribution < 1.29 is 0 Å². The zero-order valence-electron chi connectivity index (χ0n) is 14.1. The molecule has 0 spiro atoms. The van der Waals surface area contributed by atoms with E-state index in [1.807, 2.05) is 18.5 Å². The zero-order valence-corrected chi connectivity index (χ0v) is 16.4. The third-order valence-corrected chi connectivity index (χ3v) is 6.58. The van der Waals surface area contributed by atoms with Crippen LogP contribution in [0.4, 0.5) is 0 Å². The molecule has 4 rings (SSSR count). The summed E-state index contributed by atoms with van der Waals surface area (Å²) in [5.74, 6) is 0. The predicted octanol–water partition coefficient (Wildman–Crippen LogP) is 3.99. The number of benzene rings is 1. The molecule has 2 aromatic heterocycles. The highest BCUT2D eigenvalue weighted by molar-refractivity contribution is 7.17. The number of nitrogens with one attached hydrogen (secondary N) is 1. The molecule has 1 aliphatic rings. The van der Waals surface area contributed by atoms with E-state index in [1.54, 1.807) is 12.1 Å². The normalized spacial score (nSPS) is 16.4. The molecular weight excluding hydrogens is 393 g/mol. The molecular formula is C18H17Cl2N3O2S. The van der Waals surface area contributed by atoms with Gasteiger partial charge in [0.1, 0.15) is 4.83 Å². The van der Waals surface area contributed by atoms with Crippen molar-refractivity contribution in [3.8, 4) is 11.1 Å². The van der Waals surface area contributed by atoms with Crippen molar-refractivity contribution in [1.29, 1.82) is 0 Å². The average Bonchev–Trinajstić information content (AvgIpc) is 3.03. The number of thiophene rings is 1. The molecule has 5 nitrogen and oxygen atoms in total. The minimum Gasteiger partial charge on any atom is -0.306 e. The van der Waals surface area contributed by atoms with Gasteiger partial charge in [-0.25, -0.2) is 4.79 Å². The fraction of sp³-hybridized carbons (Fsp3) is 0.333. The van der Waals surface area contributed by atoms with Crippen molar-refractivity contribution in [1.82, 2.24) is 14.5 Å². The third kappa shape index (κ3) is 3.01. The smallest absolute Gasteiger partial charge is 0.306 e. The van der Waals surface area contributed by atoms with E-state index in [1.165, 1.54) is 15.9 Å². The van der Waals surface area contributed by atoms with Crippen LogP contribution >= 0.6 is 34.5 Å². The summed E-state index contributed by atoms with van der Waals surface area (Å²) in [6, 6.07) is 5.22. The molecule has 0 aliphatic carbocycles. The van der Waals surface area contributed by atoms with Gasteiger partial charge in [-0.2, -0.15) is 0 Å². The number of hydrogen-bond donors (Lipinski definition) is 1. The zero-order chi connectivity index (χ0) is 18.4. The van der Waals surface area contributed by atoms with Gasteiger partial charge in [-0.3, -0.25) is 14.3 Å². The summed E-state index contributed by atoms with van der Waals surface area (Å²) in [5.41, 5.74) is 1.01. The summed E-state index contributed by atoms with van der Waals surface area (Å²) >= 11 is 13.5. The molecule has 26 heavy (non-hydrogen) atoms. The molecule has 0 atom stereocenters. The highest BCUT2D eigenvalue weighted by Crippen LogP contribution is 2.34. The number of likely N-dealkylation sites (tertiary alicyclic amines) is 1. The Bertz CT molecular complexity index is 1090. The van der Waals surface area contributed by atoms with Crippen molar-refractivity contribution in [2.24, 2.45) is 0 Å². The second-order valence-corrected chi connectivity index (χ2v) is 8.32. The van der Waals surface area contributed by atoms with E-state index >= 15 is 0 Å². The molecule has 1 saturated heterocycles. The number of piperidine rings is 1. The maximum Gasteiger partial charge on any atom is 0.329 e. The first-order valence-corrected chi connectivity index (χ1v) is 9.99. The van der Waals surface area contributed by atoms with Crippen LogP contribution in [0.3, 0.4) is 0 Å². The number of halogens is 2. The Balaban J connectivity index is 1.89. The quantitative estimate of drug-likeness (QED) is 0.695. The van der Waals surface area contributed by atoms with Gasteiger partial charge < -0.3 is 4.90 Å². The third-order valence-electron chi connectivity index (χ3n) is 4.95. The average molecular weight is 410 g/mol. The van der Waals surface area contributed by atoms with E-state index in [0.717, 1.165) is 37.1 Å². The minimum absolute atomic E-state index is 0.0756. The van der Waals surface area contributed by atoms with Crippen LogP contribution in [0.2, 0.25) is 10.0 Å². The van der Waals surface area contributed by atoms with Crippen LogP contribution in [0, 0.1) is 0 Å². The van der Waals surface area contributed by atoms with E-state index in [9.17, 15) is 9.59 Å². The summed E-state index contributed by atoms with van der Waals surface area (Å²) in [6.45, 7) is 1.75. The van der Waals surface area contributed by atoms with Crippen molar-refractivity contribution in [3.63, 3.8) is 0 Å². The highest BCUT2D eigenvalue weighted by Gasteiger charge is 2.24. The summed E-state index contributed by atoms with van der Waals surface area (Å²) in [6.07, 6.45) is 1.58. The first kappa shape index (κ1) is 17.8. The molecule has 3 aromatic rings. The van der Waals surface area contributed by atoms with Gasteiger partial charge in [0.05, 0.1) is 15.4 Å². The number of hydrogen-bond acceptors (Lipinski definition) is 4. The van der Waals surface area contributed by atoms with Crippen LogP contribution in [-0.2, 0) is 0 Å². The van der Waals surface area contributed by atoms with Gasteiger partial charge in [-0.15, -0.1) is 11.3 Å². The SMILES string of the molecule is CN1CCC(n2c(=O)[nH]c3scc(-c4ccc(Cl)c(Cl)c4)c3c2=O)CC1. The van der Waals surface area contributed by atoms with E-state index in [2.05, 4.69) is 9.88 Å². The molecule has 1 N–H and O–H groups in total. The van der Waals surface area contributed by atoms with Gasteiger partial charge in [0.25, 0.3) is 5.56 Å². The largest absolute Gasteiger partial charge is 0.329 e. The monoisotopic (exact) mass is 409 g/mol. The summed E-state index contributed by atoms with van der Waals surface area (Å²) in [5, 5.41) is 3.31. The van der Waals surface area contributed by atoms with Gasteiger partial charge in [0, 0.05) is 17.0 Å². The number of aromatic amines is 1. The maximum absolute atomic E-state index is 13.2. The van der Waals surface area contributed by atoms with Gasteiger partial charge >= 0.3 is 5.69 Å². The van der Waals surface area contributed by atoms with E-state index in [0.29, 0.717) is 20.3 Å². The second-order valence-electron chi connectivity index (χ2n) is 6.62. The van der Waals surface area contributed by atoms with Gasteiger partial charge in [-0.1, -0.05) is 29.3 Å². The Morgan fingerprint density at radius 2 is 1.88 bits per heavy atom. The standard InChI is InChI=1S/C18H17Cl2N3O2S/c1-22-6-4-11(5-7-22)23-17(24)15-12(9-26-16(15)21-18(23)25)10-2-3-13(19)14(20)8-10/h2-3,8-9,11H,4-7H2,1H3,(H,21,25). The summed E-state index contributed by atoms with van der Waals surface area (Å²) in [4.78, 5) is 31.4. The number of H-pyrrole nitrogens is 1. The topological polar surface area (TPSA) is 58.1 Å². The van der Waals surface area contributed by atoms with Crippen molar-refractivity contribution in [3.05, 3.63) is 54.5 Å². The van der Waals surface area contributed by atoms with Gasteiger partial charge in [-0.05, 0) is 50.7 Å². The summed E-state index contributed by atoms with van der Waals surface area (Å²) in [7, 11) is 2.05. The van der Waals surface area contributed by atoms with E-state index < -0.39 is 0 Å². The molecule has 0 unspecified atom stereocenters. The van der Waals surface area contributed by atoms with Crippen LogP contribution in [-0.4, -0.2) is 34.6 Å². The molecule has 0 radical (unpaired) electrons. The molecule has 0 saturated carbocycles. The molecule has 136 valence electrons. The maximum atomic E-state index is 13.2. The first-order valence-electron chi connectivity index (χ1n) is 8.35. The lowest BCUT2D eigenvalue weighted by atomic mass is 10.0. The molecule has 3 heterocycles. The Hall–Kier alpha value is -1.60. The number of fused-ring (bicyclic) bond motifs is 1. The number of aromatic nitrogens is 2. The molecule has 1 aromatic carbocycles. The Labute approximate surface area is 163 Å². The van der Waals surface area contributed by atoms with Crippen LogP contribution in [0.15, 0.2) is 33.2 Å². The fourth-order valence-corrected chi connectivity index (χ4v) is 4.74. The van der Waals surface area contributed by atoms with E-state index in [-0.39, 0.29) is 17.3 Å². The van der Waals surface area contributed by atoms with Crippen molar-refractivity contribution >= 4 is 44.8 Å². The second kappa shape index (κ2) is 6.85. The molecule has 1 aliphatic heterocycles. The fourth-order valence-electron chi connectivity index (χ4n) is 3.49. The molecule has 8 heteroatoms. The lowest BCUT2D eigenvalue weighted by Gasteiger charge is -2.29. The lowest BCUT2D eigenvalue weighted by Crippen LogP contribution is -2.42. The number of nitrogens with zero attached hydrogens (tertiary/aromatic N) is 2. The van der Waals surface area contributed by atoms with Crippen LogP contribution in [0.5, 0.6) is 0 Å². The van der Waals surface area contributed by atoms with Crippen LogP contribution < -0.4 is 11.2 Å². The van der Waals surface area contributed by atoms with Crippen LogP contribution in [0.1, 0.15) is 18.9 Å². The van der Waals surface area contributed by atoms with Crippen molar-refractivity contribution in [2.75, 3.05) is 20.1 Å². The summed E-state index contributed by atoms with van der Waals surface area (Å²) < 4.78 is 1.39. The van der Waals surface area contributed by atoms with Crippen LogP contribution in [0.25, 0.3) is 21.3 Å². The lowest BCUT2D eigenvalue weighted by molar-refractivity contribution is 0.216. The molecule has 0 amide bonds. The number of rotatable bonds is 2. The minimum atomic E-state index is -0.334. The predicted molar refractivity (Wildman–Crippen MR) is 108 cm³/mol. The molecule has 0 bridgehead atoms. The van der Waals surface area contributed by atoms with Gasteiger partial charge in [0.2, 0.25) is 0 Å². The Morgan fingerprint density at radius 1 is 1.15 bits per heavy atom. The van der Waals surface area contributed by atoms with E-state index in [4.69, 9.17) is 23.2 Å². The van der Waals surface area contributed by atoms with Gasteiger partial charge in [0.15, 0.2) is 0 Å². The van der Waals surface area contributed by atoms with Crippen molar-refractivity contribution in [2.45, 2.75) is 18.9 Å². The Morgan fingerprint density at radius 3 is 2.58 bits per heavy atom.